The van der Waals surface area contributed by atoms with Crippen molar-refractivity contribution in [3.8, 4) is 11.5 Å². The van der Waals surface area contributed by atoms with Crippen molar-refractivity contribution in [3.63, 3.8) is 0 Å². The number of nitrogens with zero attached hydrogens (tertiary/aromatic N) is 1. The molecule has 1 N–H and O–H groups in total. The molecule has 1 aliphatic rings. The van der Waals surface area contributed by atoms with E-state index in [1.54, 1.807) is 16.7 Å². The van der Waals surface area contributed by atoms with Gasteiger partial charge in [-0.3, -0.25) is 9.36 Å². The molecule has 0 aliphatic carbocycles. The molecular formula is C27H25NO4. The van der Waals surface area contributed by atoms with E-state index in [4.69, 9.17) is 9.47 Å². The zero-order chi connectivity index (χ0) is 22.1. The van der Waals surface area contributed by atoms with Gasteiger partial charge in [0.1, 0.15) is 11.5 Å². The average Bonchev–Trinajstić information content (AvgIpc) is 3.38. The van der Waals surface area contributed by atoms with Gasteiger partial charge in [0.25, 0.3) is 5.91 Å². The summed E-state index contributed by atoms with van der Waals surface area (Å²) in [5.41, 5.74) is 4.55. The summed E-state index contributed by atoms with van der Waals surface area (Å²) in [5.74, 6) is 1.78. The minimum Gasteiger partial charge on any atom is -0.493 e. The number of aliphatic hydroxyl groups is 1. The van der Waals surface area contributed by atoms with Crippen LogP contribution < -0.4 is 9.47 Å². The van der Waals surface area contributed by atoms with Crippen LogP contribution in [0.5, 0.6) is 11.5 Å². The van der Waals surface area contributed by atoms with Crippen molar-refractivity contribution in [2.75, 3.05) is 19.8 Å². The lowest BCUT2D eigenvalue weighted by molar-refractivity contribution is 0.0963. The van der Waals surface area contributed by atoms with Gasteiger partial charge in [0.15, 0.2) is 0 Å². The van der Waals surface area contributed by atoms with Gasteiger partial charge >= 0.3 is 0 Å². The molecule has 162 valence electrons. The quantitative estimate of drug-likeness (QED) is 0.483. The van der Waals surface area contributed by atoms with Gasteiger partial charge < -0.3 is 14.6 Å². The molecule has 32 heavy (non-hydrogen) atoms. The lowest BCUT2D eigenvalue weighted by Gasteiger charge is -2.12. The SMILES string of the molecule is Cc1cc2c(CCO)cccc2n1C(=O)c1ccc(OC[C@@H]2COc3ccccc32)cc1. The molecule has 1 aromatic heterocycles. The maximum Gasteiger partial charge on any atom is 0.262 e. The molecule has 1 aliphatic heterocycles. The monoisotopic (exact) mass is 427 g/mol. The molecule has 5 heteroatoms. The number of rotatable bonds is 6. The molecule has 0 amide bonds. The van der Waals surface area contributed by atoms with Crippen molar-refractivity contribution < 1.29 is 19.4 Å². The second-order valence-electron chi connectivity index (χ2n) is 8.13. The van der Waals surface area contributed by atoms with Crippen LogP contribution in [0.1, 0.15) is 33.1 Å². The van der Waals surface area contributed by atoms with E-state index in [0.29, 0.717) is 25.2 Å². The minimum atomic E-state index is -0.0803. The fraction of sp³-hybridized carbons (Fsp3) is 0.222. The van der Waals surface area contributed by atoms with Gasteiger partial charge in [-0.15, -0.1) is 0 Å². The van der Waals surface area contributed by atoms with Gasteiger partial charge in [-0.05, 0) is 61.4 Å². The Balaban J connectivity index is 1.33. The number of carbonyl (C=O) groups is 1. The fourth-order valence-corrected chi connectivity index (χ4v) is 4.42. The lowest BCUT2D eigenvalue weighted by Crippen LogP contribution is -2.14. The van der Waals surface area contributed by atoms with Crippen LogP contribution in [0.25, 0.3) is 10.9 Å². The number of hydrogen-bond donors (Lipinski definition) is 1. The van der Waals surface area contributed by atoms with E-state index in [1.165, 1.54) is 5.56 Å². The highest BCUT2D eigenvalue weighted by molar-refractivity contribution is 6.03. The summed E-state index contributed by atoms with van der Waals surface area (Å²) >= 11 is 0. The van der Waals surface area contributed by atoms with Crippen molar-refractivity contribution in [3.05, 3.63) is 95.2 Å². The Labute approximate surface area is 186 Å². The second-order valence-corrected chi connectivity index (χ2v) is 8.13. The van der Waals surface area contributed by atoms with Crippen LogP contribution in [0.4, 0.5) is 0 Å². The number of fused-ring (bicyclic) bond motifs is 2. The zero-order valence-electron chi connectivity index (χ0n) is 18.0. The summed E-state index contributed by atoms with van der Waals surface area (Å²) in [7, 11) is 0. The van der Waals surface area contributed by atoms with E-state index >= 15 is 0 Å². The first-order valence-corrected chi connectivity index (χ1v) is 10.9. The van der Waals surface area contributed by atoms with E-state index < -0.39 is 0 Å². The van der Waals surface area contributed by atoms with Gasteiger partial charge in [-0.25, -0.2) is 0 Å². The molecule has 4 aromatic rings. The highest BCUT2D eigenvalue weighted by Gasteiger charge is 2.24. The third kappa shape index (κ3) is 3.65. The van der Waals surface area contributed by atoms with Gasteiger partial charge in [0.05, 0.1) is 24.6 Å². The Morgan fingerprint density at radius 2 is 1.91 bits per heavy atom. The Hall–Kier alpha value is -3.57. The van der Waals surface area contributed by atoms with Crippen LogP contribution in [0.2, 0.25) is 0 Å². The molecule has 0 spiro atoms. The first kappa shape index (κ1) is 20.3. The van der Waals surface area contributed by atoms with Crippen LogP contribution in [0, 0.1) is 6.92 Å². The number of aromatic nitrogens is 1. The zero-order valence-corrected chi connectivity index (χ0v) is 18.0. The Morgan fingerprint density at radius 3 is 2.72 bits per heavy atom. The summed E-state index contributed by atoms with van der Waals surface area (Å²) < 4.78 is 13.4. The van der Waals surface area contributed by atoms with E-state index in [2.05, 4.69) is 6.07 Å². The van der Waals surface area contributed by atoms with Gasteiger partial charge in [-0.2, -0.15) is 0 Å². The maximum absolute atomic E-state index is 13.3. The van der Waals surface area contributed by atoms with Crippen molar-refractivity contribution in [2.24, 2.45) is 0 Å². The molecule has 0 saturated heterocycles. The summed E-state index contributed by atoms with van der Waals surface area (Å²) in [6.07, 6.45) is 0.567. The lowest BCUT2D eigenvalue weighted by atomic mass is 10.0. The number of aliphatic hydroxyl groups excluding tert-OH is 1. The second kappa shape index (κ2) is 8.52. The van der Waals surface area contributed by atoms with Crippen LogP contribution >= 0.6 is 0 Å². The summed E-state index contributed by atoms with van der Waals surface area (Å²) in [4.78, 5) is 13.3. The number of hydrogen-bond acceptors (Lipinski definition) is 4. The molecule has 0 fully saturated rings. The van der Waals surface area contributed by atoms with Gasteiger partial charge in [0, 0.05) is 28.8 Å². The van der Waals surface area contributed by atoms with Crippen molar-refractivity contribution >= 4 is 16.8 Å². The maximum atomic E-state index is 13.3. The van der Waals surface area contributed by atoms with Gasteiger partial charge in [-0.1, -0.05) is 30.3 Å². The molecule has 0 unspecified atom stereocenters. The summed E-state index contributed by atoms with van der Waals surface area (Å²) in [6, 6.07) is 23.2. The number of para-hydroxylation sites is 1. The van der Waals surface area contributed by atoms with Gasteiger partial charge in [0.2, 0.25) is 0 Å². The van der Waals surface area contributed by atoms with E-state index in [0.717, 1.165) is 33.7 Å². The van der Waals surface area contributed by atoms with Crippen LogP contribution in [0.3, 0.4) is 0 Å². The van der Waals surface area contributed by atoms with Crippen LogP contribution in [-0.2, 0) is 6.42 Å². The van der Waals surface area contributed by atoms with Crippen LogP contribution in [0.15, 0.2) is 72.8 Å². The molecule has 5 nitrogen and oxygen atoms in total. The molecule has 3 aromatic carbocycles. The van der Waals surface area contributed by atoms with Crippen LogP contribution in [-0.4, -0.2) is 35.4 Å². The molecule has 2 heterocycles. The highest BCUT2D eigenvalue weighted by atomic mass is 16.5. The summed E-state index contributed by atoms with van der Waals surface area (Å²) in [5, 5.41) is 10.3. The Bertz CT molecular complexity index is 1270. The third-order valence-electron chi connectivity index (χ3n) is 6.06. The molecule has 0 radical (unpaired) electrons. The number of aryl methyl sites for hydroxylation is 1. The van der Waals surface area contributed by atoms with E-state index in [-0.39, 0.29) is 18.4 Å². The standard InChI is InChI=1S/C27H25NO4/c1-18-15-24-19(13-14-29)5-4-7-25(24)28(18)27(30)20-9-11-22(12-10-20)31-16-21-17-32-26-8-3-2-6-23(21)26/h2-12,15,21,29H,13-14,16-17H2,1H3/t21-/m1/s1. The molecule has 1 atom stereocenters. The third-order valence-corrected chi connectivity index (χ3v) is 6.06. The van der Waals surface area contributed by atoms with E-state index in [1.807, 2.05) is 61.5 Å². The average molecular weight is 428 g/mol. The summed E-state index contributed by atoms with van der Waals surface area (Å²) in [6.45, 7) is 3.16. The molecular weight excluding hydrogens is 402 g/mol. The largest absolute Gasteiger partial charge is 0.493 e. The molecule has 0 bridgehead atoms. The first-order valence-electron chi connectivity index (χ1n) is 10.9. The normalized spacial score (nSPS) is 14.9. The topological polar surface area (TPSA) is 60.7 Å². The molecule has 5 rings (SSSR count). The fourth-order valence-electron chi connectivity index (χ4n) is 4.42. The first-order chi connectivity index (χ1) is 15.7. The number of ether oxygens (including phenoxy) is 2. The Morgan fingerprint density at radius 1 is 1.09 bits per heavy atom. The predicted octanol–water partition coefficient (Wildman–Crippen LogP) is 4.73. The minimum absolute atomic E-state index is 0.0803. The molecule has 0 saturated carbocycles. The van der Waals surface area contributed by atoms with Crippen molar-refractivity contribution in [1.29, 1.82) is 0 Å². The number of benzene rings is 3. The Kier molecular flexibility index (Phi) is 5.41. The van der Waals surface area contributed by atoms with Crippen molar-refractivity contribution in [1.82, 2.24) is 4.57 Å². The number of carbonyl (C=O) groups excluding carboxylic acids is 1. The van der Waals surface area contributed by atoms with E-state index in [9.17, 15) is 9.90 Å². The smallest absolute Gasteiger partial charge is 0.262 e. The predicted molar refractivity (Wildman–Crippen MR) is 124 cm³/mol. The van der Waals surface area contributed by atoms with Crippen molar-refractivity contribution in [2.45, 2.75) is 19.3 Å². The highest BCUT2D eigenvalue weighted by Crippen LogP contribution is 2.34.